The zero-order valence-electron chi connectivity index (χ0n) is 12.8. The van der Waals surface area contributed by atoms with E-state index in [0.29, 0.717) is 32.0 Å². The second kappa shape index (κ2) is 5.82. The van der Waals surface area contributed by atoms with Crippen molar-refractivity contribution in [1.82, 2.24) is 4.90 Å². The first-order valence-corrected chi connectivity index (χ1v) is 7.70. The van der Waals surface area contributed by atoms with E-state index in [2.05, 4.69) is 0 Å². The topological polar surface area (TPSA) is 49.8 Å². The Morgan fingerprint density at radius 2 is 1.88 bits per heavy atom. The largest absolute Gasteiger partial charge is 0.487 e. The van der Waals surface area contributed by atoms with Crippen LogP contribution < -0.4 is 4.74 Å². The van der Waals surface area contributed by atoms with E-state index in [9.17, 15) is 22.4 Å². The molecular formula is C16H17F4NO3. The number of likely N-dealkylation sites (tertiary alicyclic amines) is 1. The third-order valence-electron chi connectivity index (χ3n) is 4.97. The van der Waals surface area contributed by atoms with Gasteiger partial charge in [-0.05, 0) is 49.3 Å². The molecule has 1 aliphatic heterocycles. The fourth-order valence-corrected chi connectivity index (χ4v) is 3.52. The number of hydrogen-bond acceptors (Lipinski definition) is 2. The molecule has 132 valence electrons. The minimum Gasteiger partial charge on any atom is -0.487 e. The lowest BCUT2D eigenvalue weighted by atomic mass is 9.61. The maximum atomic E-state index is 13.8. The van der Waals surface area contributed by atoms with E-state index in [1.165, 1.54) is 4.90 Å². The van der Waals surface area contributed by atoms with Crippen LogP contribution in [0.5, 0.6) is 5.75 Å². The fraction of sp³-hybridized carbons (Fsp3) is 0.562. The molecule has 8 heteroatoms. The van der Waals surface area contributed by atoms with Gasteiger partial charge in [0.2, 0.25) is 0 Å². The molecule has 1 amide bonds. The van der Waals surface area contributed by atoms with Crippen molar-refractivity contribution in [2.75, 3.05) is 13.1 Å². The van der Waals surface area contributed by atoms with Gasteiger partial charge >= 0.3 is 12.3 Å². The van der Waals surface area contributed by atoms with Crippen LogP contribution in [-0.4, -0.2) is 35.3 Å². The van der Waals surface area contributed by atoms with Gasteiger partial charge in [0.1, 0.15) is 0 Å². The molecule has 24 heavy (non-hydrogen) atoms. The minimum atomic E-state index is -4.59. The molecule has 0 unspecified atom stereocenters. The van der Waals surface area contributed by atoms with Crippen LogP contribution in [0, 0.1) is 11.2 Å². The van der Waals surface area contributed by atoms with Crippen LogP contribution in [0.15, 0.2) is 18.2 Å². The third kappa shape index (κ3) is 3.27. The average Bonchev–Trinajstić information content (AvgIpc) is 2.47. The highest BCUT2D eigenvalue weighted by Crippen LogP contribution is 2.50. The number of carbonyl (C=O) groups is 1. The van der Waals surface area contributed by atoms with Gasteiger partial charge in [-0.3, -0.25) is 0 Å². The minimum absolute atomic E-state index is 0.0129. The van der Waals surface area contributed by atoms with Crippen LogP contribution in [0.4, 0.5) is 22.4 Å². The van der Waals surface area contributed by atoms with Crippen molar-refractivity contribution in [3.05, 3.63) is 29.6 Å². The highest BCUT2D eigenvalue weighted by Gasteiger charge is 2.47. The summed E-state index contributed by atoms with van der Waals surface area (Å²) >= 11 is 0. The molecule has 0 radical (unpaired) electrons. The van der Waals surface area contributed by atoms with Gasteiger partial charge in [-0.15, -0.1) is 0 Å². The molecule has 2 fully saturated rings. The molecule has 0 aromatic heterocycles. The summed E-state index contributed by atoms with van der Waals surface area (Å²) in [6.07, 6.45) is -2.96. The maximum Gasteiger partial charge on any atom is 0.416 e. The van der Waals surface area contributed by atoms with E-state index < -0.39 is 23.7 Å². The number of benzene rings is 1. The second-order valence-corrected chi connectivity index (χ2v) is 6.56. The van der Waals surface area contributed by atoms with Crippen LogP contribution in [0.1, 0.15) is 31.2 Å². The summed E-state index contributed by atoms with van der Waals surface area (Å²) in [6, 6.07) is 2.25. The van der Waals surface area contributed by atoms with Gasteiger partial charge in [0.25, 0.3) is 0 Å². The standard InChI is InChI=1S/C16H17F4NO3/c17-12-7-10(16(18,19)20)1-2-13(12)24-11-8-15(9-11)3-5-21(6-4-15)14(22)23/h1-2,7,11H,3-6,8-9H2,(H,22,23). The summed E-state index contributed by atoms with van der Waals surface area (Å²) in [4.78, 5) is 12.3. The Morgan fingerprint density at radius 3 is 2.38 bits per heavy atom. The van der Waals surface area contributed by atoms with E-state index in [0.717, 1.165) is 25.0 Å². The van der Waals surface area contributed by atoms with Gasteiger partial charge in [0.15, 0.2) is 11.6 Å². The predicted octanol–water partition coefficient (Wildman–Crippen LogP) is 4.15. The molecule has 0 bridgehead atoms. The zero-order valence-corrected chi connectivity index (χ0v) is 12.8. The number of amides is 1. The highest BCUT2D eigenvalue weighted by atomic mass is 19.4. The van der Waals surface area contributed by atoms with Crippen LogP contribution in [0.2, 0.25) is 0 Å². The van der Waals surface area contributed by atoms with Crippen LogP contribution >= 0.6 is 0 Å². The molecule has 1 N–H and O–H groups in total. The molecule has 1 aliphatic carbocycles. The maximum absolute atomic E-state index is 13.8. The van der Waals surface area contributed by atoms with E-state index in [1.807, 2.05) is 0 Å². The molecule has 1 saturated carbocycles. The van der Waals surface area contributed by atoms with Crippen LogP contribution in [0.3, 0.4) is 0 Å². The van der Waals surface area contributed by atoms with Gasteiger partial charge < -0.3 is 14.7 Å². The number of hydrogen-bond donors (Lipinski definition) is 1. The summed E-state index contributed by atoms with van der Waals surface area (Å²) in [7, 11) is 0. The van der Waals surface area contributed by atoms with Crippen molar-refractivity contribution < 1.29 is 32.2 Å². The molecular weight excluding hydrogens is 330 g/mol. The first kappa shape index (κ1) is 16.9. The molecule has 3 rings (SSSR count). The molecule has 1 spiro atoms. The Hall–Kier alpha value is -1.99. The van der Waals surface area contributed by atoms with Gasteiger partial charge in [-0.1, -0.05) is 0 Å². The van der Waals surface area contributed by atoms with E-state index in [1.54, 1.807) is 0 Å². The van der Waals surface area contributed by atoms with E-state index in [4.69, 9.17) is 9.84 Å². The molecule has 0 atom stereocenters. The molecule has 2 aliphatic rings. The molecule has 1 aromatic rings. The monoisotopic (exact) mass is 347 g/mol. The lowest BCUT2D eigenvalue weighted by molar-refractivity contribution is -0.137. The SMILES string of the molecule is O=C(O)N1CCC2(CC1)CC(Oc1ccc(C(F)(F)F)cc1F)C2. The zero-order chi connectivity index (χ0) is 17.5. The fourth-order valence-electron chi connectivity index (χ4n) is 3.52. The summed E-state index contributed by atoms with van der Waals surface area (Å²) in [5.41, 5.74) is -1.03. The number of nitrogens with zero attached hydrogens (tertiary/aromatic N) is 1. The quantitative estimate of drug-likeness (QED) is 0.818. The van der Waals surface area contributed by atoms with Crippen LogP contribution in [-0.2, 0) is 6.18 Å². The first-order valence-electron chi connectivity index (χ1n) is 7.70. The number of halogens is 4. The van der Waals surface area contributed by atoms with E-state index >= 15 is 0 Å². The van der Waals surface area contributed by atoms with Gasteiger partial charge in [-0.25, -0.2) is 9.18 Å². The normalized spacial score (nSPS) is 20.8. The lowest BCUT2D eigenvalue weighted by Gasteiger charge is -2.51. The Morgan fingerprint density at radius 1 is 1.25 bits per heavy atom. The van der Waals surface area contributed by atoms with E-state index in [-0.39, 0.29) is 17.3 Å². The third-order valence-corrected chi connectivity index (χ3v) is 4.97. The average molecular weight is 347 g/mol. The van der Waals surface area contributed by atoms with Gasteiger partial charge in [-0.2, -0.15) is 13.2 Å². The van der Waals surface area contributed by atoms with Crippen molar-refractivity contribution in [2.24, 2.45) is 5.41 Å². The van der Waals surface area contributed by atoms with Crippen molar-refractivity contribution >= 4 is 6.09 Å². The number of carboxylic acid groups (broad SMARTS) is 1. The summed E-state index contributed by atoms with van der Waals surface area (Å²) < 4.78 is 56.8. The van der Waals surface area contributed by atoms with Crippen molar-refractivity contribution in [3.8, 4) is 5.75 Å². The Bertz CT molecular complexity index is 631. The molecule has 1 aromatic carbocycles. The number of alkyl halides is 3. The number of ether oxygens (including phenoxy) is 1. The lowest BCUT2D eigenvalue weighted by Crippen LogP contribution is -2.51. The van der Waals surface area contributed by atoms with Gasteiger partial charge in [0, 0.05) is 13.1 Å². The Kier molecular flexibility index (Phi) is 4.09. The first-order chi connectivity index (χ1) is 11.2. The highest BCUT2D eigenvalue weighted by molar-refractivity contribution is 5.65. The van der Waals surface area contributed by atoms with Crippen LogP contribution in [0.25, 0.3) is 0 Å². The molecule has 1 saturated heterocycles. The number of rotatable bonds is 2. The van der Waals surface area contributed by atoms with Crippen molar-refractivity contribution in [3.63, 3.8) is 0 Å². The summed E-state index contributed by atoms with van der Waals surface area (Å²) in [5.74, 6) is -1.20. The smallest absolute Gasteiger partial charge is 0.416 e. The predicted molar refractivity (Wildman–Crippen MR) is 76.3 cm³/mol. The number of piperidine rings is 1. The summed E-state index contributed by atoms with van der Waals surface area (Å²) in [6.45, 7) is 0.938. The second-order valence-electron chi connectivity index (χ2n) is 6.56. The Balaban J connectivity index is 1.56. The summed E-state index contributed by atoms with van der Waals surface area (Å²) in [5, 5.41) is 8.94. The molecule has 4 nitrogen and oxygen atoms in total. The Labute approximate surface area is 136 Å². The van der Waals surface area contributed by atoms with Crippen molar-refractivity contribution in [1.29, 1.82) is 0 Å². The van der Waals surface area contributed by atoms with Crippen molar-refractivity contribution in [2.45, 2.75) is 38.0 Å². The van der Waals surface area contributed by atoms with Gasteiger partial charge in [0.05, 0.1) is 11.7 Å². The molecule has 1 heterocycles.